The van der Waals surface area contributed by atoms with Crippen molar-refractivity contribution >= 4 is 11.7 Å². The molecule has 2 aromatic carbocycles. The molecule has 0 bridgehead atoms. The number of anilines is 1. The van der Waals surface area contributed by atoms with Crippen molar-refractivity contribution in [3.05, 3.63) is 48.0 Å². The molecule has 2 aromatic rings. The molecule has 0 radical (unpaired) electrons. The minimum absolute atomic E-state index is 0.0808. The van der Waals surface area contributed by atoms with Crippen LogP contribution >= 0.6 is 0 Å². The van der Waals surface area contributed by atoms with Crippen LogP contribution < -0.4 is 14.8 Å². The second-order valence-corrected chi connectivity index (χ2v) is 9.17. The molecule has 6 nitrogen and oxygen atoms in total. The predicted octanol–water partition coefficient (Wildman–Crippen LogP) is 6.32. The van der Waals surface area contributed by atoms with Crippen molar-refractivity contribution in [3.63, 3.8) is 0 Å². The highest BCUT2D eigenvalue weighted by Crippen LogP contribution is 2.33. The third-order valence-electron chi connectivity index (χ3n) is 6.54. The molecule has 7 heteroatoms. The highest BCUT2D eigenvalue weighted by molar-refractivity contribution is 5.90. The molecule has 1 aliphatic rings. The third-order valence-corrected chi connectivity index (χ3v) is 6.54. The van der Waals surface area contributed by atoms with Crippen LogP contribution in [-0.4, -0.2) is 48.0 Å². The van der Waals surface area contributed by atoms with Gasteiger partial charge in [-0.05, 0) is 44.2 Å². The van der Waals surface area contributed by atoms with E-state index in [1.807, 2.05) is 31.2 Å². The summed E-state index contributed by atoms with van der Waals surface area (Å²) in [6.07, 6.45) is 4.02. The van der Waals surface area contributed by atoms with Crippen molar-refractivity contribution in [1.29, 1.82) is 0 Å². The third kappa shape index (κ3) is 7.35. The van der Waals surface area contributed by atoms with Crippen molar-refractivity contribution in [3.8, 4) is 17.2 Å². The molecule has 1 heterocycles. The van der Waals surface area contributed by atoms with Gasteiger partial charge in [-0.25, -0.2) is 9.18 Å². The summed E-state index contributed by atoms with van der Waals surface area (Å²) in [4.78, 5) is 14.7. The summed E-state index contributed by atoms with van der Waals surface area (Å²) < 4.78 is 24.0. The van der Waals surface area contributed by atoms with Gasteiger partial charge in [-0.2, -0.15) is 0 Å². The number of amides is 2. The fourth-order valence-corrected chi connectivity index (χ4v) is 4.33. The lowest BCUT2D eigenvalue weighted by Crippen LogP contribution is -2.48. The van der Waals surface area contributed by atoms with Gasteiger partial charge in [0.15, 0.2) is 0 Å². The van der Waals surface area contributed by atoms with Gasteiger partial charge in [-0.1, -0.05) is 44.4 Å². The first-order valence-corrected chi connectivity index (χ1v) is 12.2. The number of halogens is 1. The number of piperidine rings is 1. The molecule has 1 fully saturated rings. The summed E-state index contributed by atoms with van der Waals surface area (Å²) in [7, 11) is 0. The van der Waals surface area contributed by atoms with E-state index in [9.17, 15) is 14.3 Å². The quantitative estimate of drug-likeness (QED) is 0.424. The van der Waals surface area contributed by atoms with E-state index < -0.39 is 12.3 Å². The van der Waals surface area contributed by atoms with Gasteiger partial charge in [0.05, 0.1) is 5.60 Å². The number of urea groups is 1. The molecule has 1 aliphatic heterocycles. The summed E-state index contributed by atoms with van der Waals surface area (Å²) in [5.41, 5.74) is 0.915. The van der Waals surface area contributed by atoms with Gasteiger partial charge in [0.2, 0.25) is 0 Å². The molecule has 34 heavy (non-hydrogen) atoms. The maximum atomic E-state index is 12.9. The number of nitrogens with zero attached hydrogens (tertiary/aromatic N) is 1. The number of nitrogens with one attached hydrogen (secondary N) is 1. The fourth-order valence-electron chi connectivity index (χ4n) is 4.33. The number of alkyl halides is 1. The van der Waals surface area contributed by atoms with Crippen LogP contribution in [0.25, 0.3) is 0 Å². The number of likely N-dealkylation sites (tertiary alicyclic amines) is 1. The number of carbonyl (C=O) groups is 1. The fraction of sp³-hybridized carbons (Fsp3) is 0.519. The Morgan fingerprint density at radius 2 is 1.74 bits per heavy atom. The number of aliphatic hydroxyl groups is 1. The summed E-state index contributed by atoms with van der Waals surface area (Å²) in [5, 5.41) is 13.9. The average molecular weight is 473 g/mol. The molecular formula is C27H37FN2O4. The van der Waals surface area contributed by atoms with Crippen molar-refractivity contribution in [2.75, 3.05) is 31.7 Å². The number of aryl methyl sites for hydroxylation is 1. The molecule has 0 saturated carbocycles. The molecule has 186 valence electrons. The summed E-state index contributed by atoms with van der Waals surface area (Å²) >= 11 is 0. The first kappa shape index (κ1) is 25.8. The summed E-state index contributed by atoms with van der Waals surface area (Å²) in [6.45, 7) is 6.60. The Hall–Kier alpha value is -2.80. The largest absolute Gasteiger partial charge is 0.491 e. The van der Waals surface area contributed by atoms with Gasteiger partial charge in [-0.15, -0.1) is 0 Å². The van der Waals surface area contributed by atoms with Gasteiger partial charge in [0.25, 0.3) is 0 Å². The maximum Gasteiger partial charge on any atom is 0.321 e. The number of benzene rings is 2. The Morgan fingerprint density at radius 3 is 2.35 bits per heavy atom. The molecule has 0 spiro atoms. The molecule has 2 N–H and O–H groups in total. The number of hydrogen-bond acceptors (Lipinski definition) is 4. The number of carbonyl (C=O) groups excluding carboxylic acids is 1. The lowest BCUT2D eigenvalue weighted by molar-refractivity contribution is -0.0309. The molecule has 1 saturated heterocycles. The molecule has 2 amide bonds. The minimum Gasteiger partial charge on any atom is -0.491 e. The van der Waals surface area contributed by atoms with E-state index >= 15 is 0 Å². The zero-order valence-corrected chi connectivity index (χ0v) is 20.5. The first-order valence-electron chi connectivity index (χ1n) is 12.2. The van der Waals surface area contributed by atoms with Crippen LogP contribution in [-0.2, 0) is 0 Å². The number of ether oxygens (including phenoxy) is 2. The van der Waals surface area contributed by atoms with E-state index in [1.54, 1.807) is 23.1 Å². The monoisotopic (exact) mass is 472 g/mol. The van der Waals surface area contributed by atoms with Crippen LogP contribution in [0.4, 0.5) is 14.9 Å². The minimum atomic E-state index is -0.706. The number of hydrogen-bond donors (Lipinski definition) is 2. The second-order valence-electron chi connectivity index (χ2n) is 9.17. The van der Waals surface area contributed by atoms with Crippen molar-refractivity contribution in [1.82, 2.24) is 4.90 Å². The van der Waals surface area contributed by atoms with Crippen LogP contribution in [0.5, 0.6) is 17.2 Å². The lowest BCUT2D eigenvalue weighted by Gasteiger charge is -2.39. The van der Waals surface area contributed by atoms with Gasteiger partial charge in [0.1, 0.15) is 30.5 Å². The summed E-state index contributed by atoms with van der Waals surface area (Å²) in [5.74, 6) is 2.05. The molecule has 0 aromatic heterocycles. The van der Waals surface area contributed by atoms with Crippen molar-refractivity contribution in [2.24, 2.45) is 5.92 Å². The van der Waals surface area contributed by atoms with Gasteiger partial charge in [0, 0.05) is 37.0 Å². The lowest BCUT2D eigenvalue weighted by atomic mass is 9.81. The highest BCUT2D eigenvalue weighted by atomic mass is 19.1. The van der Waals surface area contributed by atoms with E-state index in [1.165, 1.54) is 0 Å². The van der Waals surface area contributed by atoms with Crippen molar-refractivity contribution in [2.45, 2.75) is 58.5 Å². The van der Waals surface area contributed by atoms with Crippen LogP contribution in [0, 0.1) is 12.8 Å². The van der Waals surface area contributed by atoms with Crippen molar-refractivity contribution < 1.29 is 23.8 Å². The first-order chi connectivity index (χ1) is 16.3. The molecule has 0 aliphatic carbocycles. The van der Waals surface area contributed by atoms with Crippen LogP contribution in [0.1, 0.15) is 51.5 Å². The highest BCUT2D eigenvalue weighted by Gasteiger charge is 2.35. The van der Waals surface area contributed by atoms with Gasteiger partial charge in [-0.3, -0.25) is 0 Å². The van der Waals surface area contributed by atoms with Crippen LogP contribution in [0.2, 0.25) is 0 Å². The van der Waals surface area contributed by atoms with Crippen LogP contribution in [0.3, 0.4) is 0 Å². The normalized spacial score (nSPS) is 15.3. The SMILES string of the molecule is CCC(CC)CC1(O)CCN(C(=O)Nc2cc(OCCF)cc(Oc3ccc(C)cc3)c2)CC1. The Labute approximate surface area is 202 Å². The molecule has 3 rings (SSSR count). The van der Waals surface area contributed by atoms with Gasteiger partial charge >= 0.3 is 6.03 Å². The second kappa shape index (κ2) is 12.1. The van der Waals surface area contributed by atoms with E-state index in [-0.39, 0.29) is 12.6 Å². The average Bonchev–Trinajstić information content (AvgIpc) is 2.83. The Balaban J connectivity index is 1.66. The Kier molecular flexibility index (Phi) is 9.16. The topological polar surface area (TPSA) is 71.0 Å². The smallest absolute Gasteiger partial charge is 0.321 e. The summed E-state index contributed by atoms with van der Waals surface area (Å²) in [6, 6.07) is 12.4. The van der Waals surface area contributed by atoms with E-state index in [0.29, 0.717) is 54.8 Å². The van der Waals surface area contributed by atoms with E-state index in [0.717, 1.165) is 24.8 Å². The van der Waals surface area contributed by atoms with E-state index in [4.69, 9.17) is 9.47 Å². The number of rotatable bonds is 10. The standard InChI is InChI=1S/C27H37FN2O4/c1-4-21(5-2)19-27(32)10-13-30(14-11-27)26(31)29-22-16-24(33-15-12-28)18-25(17-22)34-23-8-6-20(3)7-9-23/h6-9,16-18,21,32H,4-5,10-15,19H2,1-3H3,(H,29,31). The predicted molar refractivity (Wildman–Crippen MR) is 133 cm³/mol. The maximum absolute atomic E-state index is 12.9. The molecule has 0 unspecified atom stereocenters. The molecular weight excluding hydrogens is 435 g/mol. The molecule has 0 atom stereocenters. The zero-order chi connectivity index (χ0) is 24.6. The zero-order valence-electron chi connectivity index (χ0n) is 20.5. The van der Waals surface area contributed by atoms with Crippen LogP contribution in [0.15, 0.2) is 42.5 Å². The Morgan fingerprint density at radius 1 is 1.09 bits per heavy atom. The van der Waals surface area contributed by atoms with E-state index in [2.05, 4.69) is 19.2 Å². The Bertz CT molecular complexity index is 923. The van der Waals surface area contributed by atoms with Gasteiger partial charge < -0.3 is 24.8 Å².